The first-order valence-corrected chi connectivity index (χ1v) is 7.74. The molecule has 2 aliphatic rings. The Labute approximate surface area is 131 Å². The van der Waals surface area contributed by atoms with Crippen LogP contribution in [-0.4, -0.2) is 41.1 Å². The highest BCUT2D eigenvalue weighted by Gasteiger charge is 2.50. The maximum absolute atomic E-state index is 11.8. The summed E-state index contributed by atoms with van der Waals surface area (Å²) in [6.45, 7) is 0.367. The van der Waals surface area contributed by atoms with Gasteiger partial charge in [0.25, 0.3) is 0 Å². The first-order chi connectivity index (χ1) is 10.5. The lowest BCUT2D eigenvalue weighted by Gasteiger charge is -2.49. The van der Waals surface area contributed by atoms with Gasteiger partial charge < -0.3 is 20.4 Å². The third-order valence-electron chi connectivity index (χ3n) is 3.75. The van der Waals surface area contributed by atoms with Gasteiger partial charge in [0.1, 0.15) is 17.2 Å². The molecule has 2 unspecified atom stereocenters. The highest BCUT2D eigenvalue weighted by Crippen LogP contribution is 2.39. The average Bonchev–Trinajstić information content (AvgIpc) is 2.54. The first-order valence-electron chi connectivity index (χ1n) is 6.69. The molecule has 1 amide bonds. The van der Waals surface area contributed by atoms with E-state index in [0.717, 1.165) is 0 Å². The van der Waals surface area contributed by atoms with Crippen molar-refractivity contribution in [1.82, 2.24) is 4.90 Å². The van der Waals surface area contributed by atoms with E-state index in [0.29, 0.717) is 23.6 Å². The zero-order valence-electron chi connectivity index (χ0n) is 11.9. The smallest absolute Gasteiger partial charge is 0.248 e. The van der Waals surface area contributed by atoms with Crippen LogP contribution >= 0.6 is 11.8 Å². The van der Waals surface area contributed by atoms with Crippen LogP contribution in [0.5, 0.6) is 5.75 Å². The van der Waals surface area contributed by atoms with Crippen molar-refractivity contribution in [3.63, 3.8) is 0 Å². The predicted molar refractivity (Wildman–Crippen MR) is 76.3 cm³/mol. The topological polar surface area (TPSA) is 99.6 Å². The molecule has 3 rings (SSSR count). The number of amides is 1. The Morgan fingerprint density at radius 3 is 2.82 bits per heavy atom. The van der Waals surface area contributed by atoms with Crippen LogP contribution in [0.15, 0.2) is 35.8 Å². The molecule has 0 bridgehead atoms. The molecule has 2 atom stereocenters. The fraction of sp³-hybridized carbons (Fsp3) is 0.357. The summed E-state index contributed by atoms with van der Waals surface area (Å²) < 4.78 is 6.91. The Balaban J connectivity index is 1.89. The number of aliphatic carboxylic acids is 1. The quantitative estimate of drug-likeness (QED) is 0.520. The van der Waals surface area contributed by atoms with Gasteiger partial charge in [0.2, 0.25) is 5.91 Å². The van der Waals surface area contributed by atoms with Gasteiger partial charge in [-0.25, -0.2) is 4.57 Å². The number of carboxylic acid groups (broad SMARTS) is 1. The number of β-lactam (4-membered cyclic amide) rings is 1. The van der Waals surface area contributed by atoms with Gasteiger partial charge in [0.15, 0.2) is 18.9 Å². The minimum Gasteiger partial charge on any atom is -0.543 e. The molecule has 7 nitrogen and oxygen atoms in total. The first kappa shape index (κ1) is 14.9. The summed E-state index contributed by atoms with van der Waals surface area (Å²) in [5, 5.41) is 11.2. The van der Waals surface area contributed by atoms with E-state index < -0.39 is 12.0 Å². The third kappa shape index (κ3) is 2.34. The molecule has 116 valence electrons. The molecule has 1 fully saturated rings. The second-order valence-corrected chi connectivity index (χ2v) is 6.19. The molecular formula is C14H15N3O4S. The molecular weight excluding hydrogens is 306 g/mol. The summed E-state index contributed by atoms with van der Waals surface area (Å²) in [4.78, 5) is 24.5. The number of nitrogens with zero attached hydrogens (tertiary/aromatic N) is 2. The van der Waals surface area contributed by atoms with Crippen molar-refractivity contribution in [2.24, 2.45) is 5.73 Å². The molecule has 0 aliphatic carbocycles. The monoisotopic (exact) mass is 321 g/mol. The standard InChI is InChI=1S/C14H15N3O4S/c1-21-9-2-4-16(5-3-9)6-8-7-22-13-10(15)12(18)17(13)11(8)14(19)20/h2-5,10,13H,6-7,15H2,1H3. The number of hydrogen-bond donors (Lipinski definition) is 1. The van der Waals surface area contributed by atoms with E-state index >= 15 is 0 Å². The lowest BCUT2D eigenvalue weighted by Crippen LogP contribution is -2.69. The Bertz CT molecular complexity index is 659. The molecule has 1 saturated heterocycles. The second kappa shape index (κ2) is 5.62. The van der Waals surface area contributed by atoms with Gasteiger partial charge in [0.05, 0.1) is 18.8 Å². The zero-order chi connectivity index (χ0) is 15.9. The zero-order valence-corrected chi connectivity index (χ0v) is 12.7. The number of carbonyl (C=O) groups is 2. The van der Waals surface area contributed by atoms with E-state index in [4.69, 9.17) is 10.5 Å². The maximum atomic E-state index is 11.8. The largest absolute Gasteiger partial charge is 0.543 e. The van der Waals surface area contributed by atoms with E-state index in [1.165, 1.54) is 16.7 Å². The molecule has 0 spiro atoms. The number of ether oxygens (including phenoxy) is 1. The van der Waals surface area contributed by atoms with Crippen LogP contribution in [0.25, 0.3) is 0 Å². The number of rotatable bonds is 4. The molecule has 1 aromatic heterocycles. The lowest BCUT2D eigenvalue weighted by atomic mass is 10.0. The molecule has 22 heavy (non-hydrogen) atoms. The van der Waals surface area contributed by atoms with Crippen molar-refractivity contribution in [2.45, 2.75) is 18.0 Å². The molecule has 0 aromatic carbocycles. The lowest BCUT2D eigenvalue weighted by molar-refractivity contribution is -0.689. The third-order valence-corrected chi connectivity index (χ3v) is 5.11. The number of thioether (sulfide) groups is 1. The summed E-state index contributed by atoms with van der Waals surface area (Å²) >= 11 is 1.47. The highest BCUT2D eigenvalue weighted by molar-refractivity contribution is 8.00. The van der Waals surface area contributed by atoms with Crippen LogP contribution in [0.4, 0.5) is 0 Å². The molecule has 2 aliphatic heterocycles. The molecule has 3 heterocycles. The second-order valence-electron chi connectivity index (χ2n) is 5.09. The normalized spacial score (nSPS) is 23.9. The minimum absolute atomic E-state index is 0.0428. The van der Waals surface area contributed by atoms with Crippen LogP contribution < -0.4 is 20.1 Å². The Morgan fingerprint density at radius 2 is 2.23 bits per heavy atom. The average molecular weight is 321 g/mol. The number of aromatic nitrogens is 1. The number of methoxy groups -OCH3 is 1. The number of pyridine rings is 1. The summed E-state index contributed by atoms with van der Waals surface area (Å²) in [6, 6.07) is 2.93. The summed E-state index contributed by atoms with van der Waals surface area (Å²) in [5.41, 5.74) is 6.29. The molecule has 1 aromatic rings. The number of carboxylic acids is 1. The van der Waals surface area contributed by atoms with Gasteiger partial charge in [-0.05, 0) is 0 Å². The number of nitrogens with two attached hydrogens (primary N) is 1. The number of hydrogen-bond acceptors (Lipinski definition) is 6. The number of carbonyl (C=O) groups excluding carboxylic acids is 2. The van der Waals surface area contributed by atoms with E-state index in [9.17, 15) is 14.7 Å². The van der Waals surface area contributed by atoms with Gasteiger partial charge in [-0.1, -0.05) is 0 Å². The molecule has 0 saturated carbocycles. The van der Waals surface area contributed by atoms with Gasteiger partial charge in [-0.15, -0.1) is 11.8 Å². The van der Waals surface area contributed by atoms with E-state index in [-0.39, 0.29) is 17.0 Å². The fourth-order valence-corrected chi connectivity index (χ4v) is 3.88. The Kier molecular flexibility index (Phi) is 3.79. The van der Waals surface area contributed by atoms with Crippen LogP contribution in [0, 0.1) is 0 Å². The van der Waals surface area contributed by atoms with Gasteiger partial charge in [0, 0.05) is 23.5 Å². The van der Waals surface area contributed by atoms with E-state index in [1.807, 2.05) is 4.57 Å². The van der Waals surface area contributed by atoms with Crippen molar-refractivity contribution in [3.8, 4) is 5.75 Å². The van der Waals surface area contributed by atoms with Crippen LogP contribution in [-0.2, 0) is 16.1 Å². The molecule has 2 N–H and O–H groups in total. The predicted octanol–water partition coefficient (Wildman–Crippen LogP) is -1.77. The highest BCUT2D eigenvalue weighted by atomic mass is 32.2. The Hall–Kier alpha value is -2.06. The van der Waals surface area contributed by atoms with Crippen molar-refractivity contribution in [2.75, 3.05) is 12.9 Å². The maximum Gasteiger partial charge on any atom is 0.248 e. The van der Waals surface area contributed by atoms with Crippen LogP contribution in [0.3, 0.4) is 0 Å². The molecule has 0 radical (unpaired) electrons. The van der Waals surface area contributed by atoms with Crippen molar-refractivity contribution >= 4 is 23.6 Å². The summed E-state index contributed by atoms with van der Waals surface area (Å²) in [7, 11) is 1.58. The SMILES string of the molecule is COc1cc[n+](CC2=C(C(=O)[O-])N3C(=O)C(N)C3SC2)cc1. The van der Waals surface area contributed by atoms with E-state index in [1.54, 1.807) is 31.6 Å². The van der Waals surface area contributed by atoms with Crippen LogP contribution in [0.2, 0.25) is 0 Å². The van der Waals surface area contributed by atoms with Gasteiger partial charge in [-0.2, -0.15) is 0 Å². The van der Waals surface area contributed by atoms with Crippen molar-refractivity contribution < 1.29 is 24.0 Å². The van der Waals surface area contributed by atoms with Crippen molar-refractivity contribution in [3.05, 3.63) is 35.8 Å². The summed E-state index contributed by atoms with van der Waals surface area (Å²) in [5.74, 6) is -0.486. The minimum atomic E-state index is -1.34. The van der Waals surface area contributed by atoms with Gasteiger partial charge >= 0.3 is 0 Å². The number of fused-ring (bicyclic) bond motifs is 1. The van der Waals surface area contributed by atoms with Crippen molar-refractivity contribution in [1.29, 1.82) is 0 Å². The van der Waals surface area contributed by atoms with E-state index in [2.05, 4.69) is 0 Å². The molecule has 8 heteroatoms. The fourth-order valence-electron chi connectivity index (χ4n) is 2.60. The van der Waals surface area contributed by atoms with Gasteiger partial charge in [-0.3, -0.25) is 9.69 Å². The Morgan fingerprint density at radius 1 is 1.55 bits per heavy atom. The summed E-state index contributed by atoms with van der Waals surface area (Å²) in [6.07, 6.45) is 3.58. The van der Waals surface area contributed by atoms with Crippen LogP contribution in [0.1, 0.15) is 0 Å².